The highest BCUT2D eigenvalue weighted by Gasteiger charge is 2.17. The zero-order valence-electron chi connectivity index (χ0n) is 12.0. The summed E-state index contributed by atoms with van der Waals surface area (Å²) in [6.45, 7) is 1.39. The molecule has 0 bridgehead atoms. The van der Waals surface area contributed by atoms with Crippen molar-refractivity contribution >= 4 is 11.8 Å². The van der Waals surface area contributed by atoms with Crippen molar-refractivity contribution in [1.82, 2.24) is 0 Å². The first-order chi connectivity index (χ1) is 10.3. The maximum absolute atomic E-state index is 5.79. The molecule has 4 heteroatoms. The summed E-state index contributed by atoms with van der Waals surface area (Å²) >= 11 is 1.84. The second-order valence-electron chi connectivity index (χ2n) is 4.78. The maximum atomic E-state index is 5.79. The molecule has 0 saturated carbocycles. The normalized spacial score (nSPS) is 17.7. The largest absolute Gasteiger partial charge is 0.497 e. The Morgan fingerprint density at radius 1 is 1.05 bits per heavy atom. The van der Waals surface area contributed by atoms with E-state index in [1.165, 1.54) is 5.56 Å². The van der Waals surface area contributed by atoms with E-state index in [2.05, 4.69) is 12.1 Å². The first kappa shape index (κ1) is 14.3. The number of benzene rings is 2. The highest BCUT2D eigenvalue weighted by atomic mass is 32.2. The minimum absolute atomic E-state index is 0.181. The Bertz CT molecular complexity index is 560. The van der Waals surface area contributed by atoms with Crippen LogP contribution in [-0.4, -0.2) is 19.5 Å². The molecule has 1 aliphatic heterocycles. The van der Waals surface area contributed by atoms with E-state index in [0.29, 0.717) is 6.61 Å². The van der Waals surface area contributed by atoms with Gasteiger partial charge in [-0.2, -0.15) is 0 Å². The molecule has 2 aromatic rings. The number of rotatable bonds is 5. The summed E-state index contributed by atoms with van der Waals surface area (Å²) in [7, 11) is 1.67. The second kappa shape index (κ2) is 6.87. The molecule has 0 aliphatic carbocycles. The molecule has 0 N–H and O–H groups in total. The van der Waals surface area contributed by atoms with Crippen LogP contribution in [0.5, 0.6) is 11.5 Å². The van der Waals surface area contributed by atoms with Crippen LogP contribution in [0.4, 0.5) is 0 Å². The average Bonchev–Trinajstić information content (AvgIpc) is 3.08. The monoisotopic (exact) mass is 302 g/mol. The Balaban J connectivity index is 1.57. The lowest BCUT2D eigenvalue weighted by Gasteiger charge is -2.11. The van der Waals surface area contributed by atoms with Crippen molar-refractivity contribution in [2.75, 3.05) is 19.5 Å². The first-order valence-electron chi connectivity index (χ1n) is 6.94. The molecule has 0 radical (unpaired) electrons. The fraction of sp³-hybridized carbons (Fsp3) is 0.294. The van der Waals surface area contributed by atoms with E-state index in [-0.39, 0.29) is 5.44 Å². The van der Waals surface area contributed by atoms with Gasteiger partial charge >= 0.3 is 0 Å². The van der Waals surface area contributed by atoms with Crippen molar-refractivity contribution < 1.29 is 14.2 Å². The Kier molecular flexibility index (Phi) is 4.68. The number of hydrogen-bond acceptors (Lipinski definition) is 4. The molecule has 110 valence electrons. The molecule has 0 spiro atoms. The van der Waals surface area contributed by atoms with Crippen molar-refractivity contribution in [3.63, 3.8) is 0 Å². The topological polar surface area (TPSA) is 27.7 Å². The zero-order valence-corrected chi connectivity index (χ0v) is 12.8. The third kappa shape index (κ3) is 3.71. The molecule has 1 aliphatic rings. The third-order valence-electron chi connectivity index (χ3n) is 3.34. The molecule has 0 amide bonds. The molecule has 3 rings (SSSR count). The van der Waals surface area contributed by atoms with Crippen molar-refractivity contribution in [2.24, 2.45) is 0 Å². The van der Waals surface area contributed by atoms with Gasteiger partial charge in [0.1, 0.15) is 23.5 Å². The van der Waals surface area contributed by atoms with Crippen LogP contribution in [0.3, 0.4) is 0 Å². The molecule has 1 heterocycles. The van der Waals surface area contributed by atoms with E-state index in [1.54, 1.807) is 7.11 Å². The van der Waals surface area contributed by atoms with Crippen LogP contribution in [0.25, 0.3) is 0 Å². The van der Waals surface area contributed by atoms with Crippen LogP contribution >= 0.6 is 11.8 Å². The van der Waals surface area contributed by atoms with E-state index in [4.69, 9.17) is 14.2 Å². The average molecular weight is 302 g/mol. The smallest absolute Gasteiger partial charge is 0.128 e. The summed E-state index contributed by atoms with van der Waals surface area (Å²) in [4.78, 5) is 0. The predicted molar refractivity (Wildman–Crippen MR) is 84.9 cm³/mol. The predicted octanol–water partition coefficient (Wildman–Crippen LogP) is 4.04. The summed E-state index contributed by atoms with van der Waals surface area (Å²) in [5, 5.41) is 0. The van der Waals surface area contributed by atoms with Gasteiger partial charge in [-0.3, -0.25) is 0 Å². The van der Waals surface area contributed by atoms with E-state index in [0.717, 1.165) is 29.4 Å². The maximum Gasteiger partial charge on any atom is 0.128 e. The van der Waals surface area contributed by atoms with Crippen LogP contribution in [-0.2, 0) is 11.3 Å². The number of ether oxygens (including phenoxy) is 3. The van der Waals surface area contributed by atoms with Gasteiger partial charge in [0.25, 0.3) is 0 Å². The number of thioether (sulfide) groups is 1. The van der Waals surface area contributed by atoms with E-state index >= 15 is 0 Å². The quantitative estimate of drug-likeness (QED) is 0.833. The molecule has 0 aromatic heterocycles. The minimum Gasteiger partial charge on any atom is -0.497 e. The number of hydrogen-bond donors (Lipinski definition) is 0. The molecule has 1 unspecified atom stereocenters. The Labute approximate surface area is 129 Å². The van der Waals surface area contributed by atoms with Gasteiger partial charge in [-0.05, 0) is 35.4 Å². The summed E-state index contributed by atoms with van der Waals surface area (Å²) < 4.78 is 16.6. The Morgan fingerprint density at radius 2 is 1.76 bits per heavy atom. The van der Waals surface area contributed by atoms with Gasteiger partial charge in [0.05, 0.1) is 13.7 Å². The third-order valence-corrected chi connectivity index (χ3v) is 4.45. The van der Waals surface area contributed by atoms with Gasteiger partial charge in [0, 0.05) is 5.75 Å². The van der Waals surface area contributed by atoms with Crippen LogP contribution in [0.2, 0.25) is 0 Å². The fourth-order valence-electron chi connectivity index (χ4n) is 2.16. The standard InChI is InChI=1S/C17H18O3S/c1-18-15-6-2-13(3-7-15)12-20-16-8-4-14(5-9-16)17-19-10-11-21-17/h2-9,17H,10-12H2,1H3. The lowest BCUT2D eigenvalue weighted by molar-refractivity contribution is 0.145. The summed E-state index contributed by atoms with van der Waals surface area (Å²) in [5.74, 6) is 2.80. The summed E-state index contributed by atoms with van der Waals surface area (Å²) in [6, 6.07) is 16.1. The highest BCUT2D eigenvalue weighted by Crippen LogP contribution is 2.35. The zero-order chi connectivity index (χ0) is 14.5. The van der Waals surface area contributed by atoms with Crippen molar-refractivity contribution in [1.29, 1.82) is 0 Å². The Hall–Kier alpha value is -1.65. The van der Waals surface area contributed by atoms with Gasteiger partial charge in [0.2, 0.25) is 0 Å². The van der Waals surface area contributed by atoms with Gasteiger partial charge < -0.3 is 14.2 Å². The van der Waals surface area contributed by atoms with Crippen LogP contribution < -0.4 is 9.47 Å². The molecule has 2 aromatic carbocycles. The van der Waals surface area contributed by atoms with Crippen LogP contribution in [0.15, 0.2) is 48.5 Å². The van der Waals surface area contributed by atoms with Gasteiger partial charge in [-0.25, -0.2) is 0 Å². The molecule has 1 saturated heterocycles. The molecular formula is C17H18O3S. The van der Waals surface area contributed by atoms with Crippen LogP contribution in [0.1, 0.15) is 16.6 Å². The summed E-state index contributed by atoms with van der Waals surface area (Å²) in [5.41, 5.74) is 2.50. The van der Waals surface area contributed by atoms with E-state index in [1.807, 2.05) is 48.2 Å². The minimum atomic E-state index is 0.181. The van der Waals surface area contributed by atoms with Crippen molar-refractivity contribution in [3.8, 4) is 11.5 Å². The fourth-order valence-corrected chi connectivity index (χ4v) is 3.11. The van der Waals surface area contributed by atoms with Crippen molar-refractivity contribution in [3.05, 3.63) is 59.7 Å². The molecule has 3 nitrogen and oxygen atoms in total. The van der Waals surface area contributed by atoms with E-state index in [9.17, 15) is 0 Å². The van der Waals surface area contributed by atoms with Gasteiger partial charge in [-0.1, -0.05) is 24.3 Å². The lowest BCUT2D eigenvalue weighted by Crippen LogP contribution is -1.97. The number of methoxy groups -OCH3 is 1. The highest BCUT2D eigenvalue weighted by molar-refractivity contribution is 7.99. The molecule has 21 heavy (non-hydrogen) atoms. The molecule has 1 fully saturated rings. The molecule has 1 atom stereocenters. The summed E-state index contributed by atoms with van der Waals surface area (Å²) in [6.07, 6.45) is 0. The van der Waals surface area contributed by atoms with E-state index < -0.39 is 0 Å². The molecular weight excluding hydrogens is 284 g/mol. The first-order valence-corrected chi connectivity index (χ1v) is 7.99. The van der Waals surface area contributed by atoms with Crippen LogP contribution in [0, 0.1) is 0 Å². The van der Waals surface area contributed by atoms with Gasteiger partial charge in [-0.15, -0.1) is 11.8 Å². The Morgan fingerprint density at radius 3 is 2.38 bits per heavy atom. The van der Waals surface area contributed by atoms with Crippen molar-refractivity contribution in [2.45, 2.75) is 12.0 Å². The second-order valence-corrected chi connectivity index (χ2v) is 5.95. The van der Waals surface area contributed by atoms with Gasteiger partial charge in [0.15, 0.2) is 0 Å². The SMILES string of the molecule is COc1ccc(COc2ccc(C3OCCS3)cc2)cc1. The lowest BCUT2D eigenvalue weighted by atomic mass is 10.2.